The molecule has 5 rings (SSSR count). The van der Waals surface area contributed by atoms with Gasteiger partial charge in [-0.05, 0) is 45.1 Å². The Kier molecular flexibility index (Phi) is 5.09. The van der Waals surface area contributed by atoms with Crippen LogP contribution in [-0.4, -0.2) is 46.2 Å². The van der Waals surface area contributed by atoms with Gasteiger partial charge in [0.25, 0.3) is 0 Å². The van der Waals surface area contributed by atoms with Gasteiger partial charge in [0.05, 0.1) is 28.5 Å². The second kappa shape index (κ2) is 7.52. The van der Waals surface area contributed by atoms with E-state index < -0.39 is 0 Å². The molecule has 3 aliphatic rings. The summed E-state index contributed by atoms with van der Waals surface area (Å²) >= 11 is 12.9. The third-order valence-electron chi connectivity index (χ3n) is 7.09. The van der Waals surface area contributed by atoms with E-state index in [-0.39, 0.29) is 17.6 Å². The molecule has 2 aromatic heterocycles. The summed E-state index contributed by atoms with van der Waals surface area (Å²) in [7, 11) is 0. The van der Waals surface area contributed by atoms with Crippen LogP contribution in [0.1, 0.15) is 43.9 Å². The molecule has 0 saturated carbocycles. The molecular weight excluding hydrogens is 421 g/mol. The molecule has 1 spiro atoms. The number of anilines is 1. The Hall–Kier alpha value is -1.60. The normalized spacial score (nSPS) is 26.7. The van der Waals surface area contributed by atoms with Gasteiger partial charge in [-0.25, -0.2) is 9.97 Å². The van der Waals surface area contributed by atoms with E-state index in [1.165, 1.54) is 0 Å². The number of piperidine rings is 1. The predicted molar refractivity (Wildman–Crippen MR) is 121 cm³/mol. The summed E-state index contributed by atoms with van der Waals surface area (Å²) in [4.78, 5) is 12.0. The van der Waals surface area contributed by atoms with Crippen molar-refractivity contribution in [2.24, 2.45) is 11.1 Å². The molecule has 2 aliphatic heterocycles. The Morgan fingerprint density at radius 2 is 2.03 bits per heavy atom. The Morgan fingerprint density at radius 3 is 2.73 bits per heavy atom. The topological polar surface area (TPSA) is 68.7 Å². The zero-order valence-electron chi connectivity index (χ0n) is 17.4. The molecule has 6 nitrogen and oxygen atoms in total. The van der Waals surface area contributed by atoms with Gasteiger partial charge in [-0.15, -0.1) is 0 Å². The molecule has 2 N–H and O–H groups in total. The standard InChI is InChI=1S/C22H27Cl2N5O/c1-13-17(15-4-3-5-16(23)18(15)24)20-26-8-11-29(20)21(27-13)28-9-6-22(7-10-28)12-30-14(2)19(22)25/h5,8,11,14,19H,3-4,6-7,9-10,12,25H2,1-2H3/t14-,19+/m0/s1. The van der Waals surface area contributed by atoms with E-state index in [4.69, 9.17) is 38.7 Å². The van der Waals surface area contributed by atoms with Gasteiger partial charge in [-0.3, -0.25) is 4.40 Å². The lowest BCUT2D eigenvalue weighted by atomic mass is 9.73. The lowest BCUT2D eigenvalue weighted by molar-refractivity contribution is 0.0973. The molecule has 0 unspecified atom stereocenters. The van der Waals surface area contributed by atoms with Crippen molar-refractivity contribution >= 4 is 40.4 Å². The minimum atomic E-state index is 0.0858. The Labute approximate surface area is 186 Å². The highest BCUT2D eigenvalue weighted by Crippen LogP contribution is 2.43. The van der Waals surface area contributed by atoms with Crippen LogP contribution in [0.15, 0.2) is 28.5 Å². The second-order valence-corrected chi connectivity index (χ2v) is 9.55. The van der Waals surface area contributed by atoms with Crippen molar-refractivity contribution in [1.82, 2.24) is 14.4 Å². The molecule has 4 heterocycles. The highest BCUT2D eigenvalue weighted by atomic mass is 35.5. The average Bonchev–Trinajstić information content (AvgIpc) is 3.32. The van der Waals surface area contributed by atoms with Gasteiger partial charge in [0.15, 0.2) is 0 Å². The van der Waals surface area contributed by atoms with Crippen LogP contribution in [0.5, 0.6) is 0 Å². The van der Waals surface area contributed by atoms with Gasteiger partial charge >= 0.3 is 0 Å². The minimum absolute atomic E-state index is 0.0858. The van der Waals surface area contributed by atoms with Crippen LogP contribution < -0.4 is 10.6 Å². The fraction of sp³-hybridized carbons (Fsp3) is 0.545. The molecule has 2 saturated heterocycles. The largest absolute Gasteiger partial charge is 0.376 e. The first kappa shape index (κ1) is 20.3. The van der Waals surface area contributed by atoms with Crippen molar-refractivity contribution in [3.05, 3.63) is 39.8 Å². The quantitative estimate of drug-likeness (QED) is 0.745. The van der Waals surface area contributed by atoms with Crippen molar-refractivity contribution in [3.8, 4) is 0 Å². The molecule has 2 aromatic rings. The number of nitrogens with zero attached hydrogens (tertiary/aromatic N) is 4. The molecule has 1 aliphatic carbocycles. The number of aromatic nitrogens is 3. The summed E-state index contributed by atoms with van der Waals surface area (Å²) < 4.78 is 7.95. The summed E-state index contributed by atoms with van der Waals surface area (Å²) in [5.41, 5.74) is 10.4. The molecule has 160 valence electrons. The molecule has 30 heavy (non-hydrogen) atoms. The average molecular weight is 448 g/mol. The molecule has 0 radical (unpaired) electrons. The van der Waals surface area contributed by atoms with Crippen LogP contribution in [0.3, 0.4) is 0 Å². The first-order chi connectivity index (χ1) is 14.4. The first-order valence-corrected chi connectivity index (χ1v) is 11.4. The maximum absolute atomic E-state index is 6.57. The molecule has 8 heteroatoms. The van der Waals surface area contributed by atoms with Gasteiger partial charge in [0.1, 0.15) is 5.65 Å². The molecular formula is C22H27Cl2N5O. The SMILES string of the molecule is Cc1nc(N2CCC3(CC2)CO[C@@H](C)[C@H]3N)n2ccnc2c1C1=C(Cl)C(Cl)=CCC1. The van der Waals surface area contributed by atoms with Crippen LogP contribution in [0.25, 0.3) is 11.2 Å². The Morgan fingerprint density at radius 1 is 1.27 bits per heavy atom. The number of hydrogen-bond acceptors (Lipinski definition) is 5. The van der Waals surface area contributed by atoms with Crippen LogP contribution in [0.4, 0.5) is 5.95 Å². The predicted octanol–water partition coefficient (Wildman–Crippen LogP) is 4.24. The maximum Gasteiger partial charge on any atom is 0.211 e. The number of fused-ring (bicyclic) bond motifs is 1. The fourth-order valence-corrected chi connectivity index (χ4v) is 5.68. The lowest BCUT2D eigenvalue weighted by Crippen LogP contribution is -2.51. The van der Waals surface area contributed by atoms with Gasteiger partial charge < -0.3 is 15.4 Å². The Balaban J connectivity index is 1.50. The summed E-state index contributed by atoms with van der Waals surface area (Å²) in [6.07, 6.45) is 9.62. The zero-order chi connectivity index (χ0) is 21.0. The maximum atomic E-state index is 6.57. The molecule has 0 amide bonds. The first-order valence-electron chi connectivity index (χ1n) is 10.6. The van der Waals surface area contributed by atoms with E-state index >= 15 is 0 Å². The minimum Gasteiger partial charge on any atom is -0.376 e. The van der Waals surface area contributed by atoms with Gasteiger partial charge in [0, 0.05) is 42.5 Å². The summed E-state index contributed by atoms with van der Waals surface area (Å²) in [6, 6.07) is 0.100. The van der Waals surface area contributed by atoms with Crippen molar-refractivity contribution in [2.45, 2.75) is 51.7 Å². The van der Waals surface area contributed by atoms with E-state index in [0.29, 0.717) is 10.1 Å². The number of ether oxygens (including phenoxy) is 1. The summed E-state index contributed by atoms with van der Waals surface area (Å²) in [5, 5.41) is 1.21. The third-order valence-corrected chi connectivity index (χ3v) is 7.96. The number of halogens is 2. The monoisotopic (exact) mass is 447 g/mol. The fourth-order valence-electron chi connectivity index (χ4n) is 5.19. The van der Waals surface area contributed by atoms with Crippen molar-refractivity contribution in [2.75, 3.05) is 24.6 Å². The Bertz CT molecular complexity index is 1050. The van der Waals surface area contributed by atoms with E-state index in [1.54, 1.807) is 0 Å². The molecule has 0 bridgehead atoms. The van der Waals surface area contributed by atoms with Gasteiger partial charge in [-0.2, -0.15) is 0 Å². The number of rotatable bonds is 2. The van der Waals surface area contributed by atoms with Crippen LogP contribution in [-0.2, 0) is 4.74 Å². The molecule has 2 fully saturated rings. The van der Waals surface area contributed by atoms with Crippen molar-refractivity contribution < 1.29 is 4.74 Å². The van der Waals surface area contributed by atoms with Gasteiger partial charge in [0.2, 0.25) is 5.95 Å². The lowest BCUT2D eigenvalue weighted by Gasteiger charge is -2.41. The third kappa shape index (κ3) is 3.08. The summed E-state index contributed by atoms with van der Waals surface area (Å²) in [6.45, 7) is 6.68. The smallest absolute Gasteiger partial charge is 0.211 e. The van der Waals surface area contributed by atoms with E-state index in [0.717, 1.165) is 73.8 Å². The summed E-state index contributed by atoms with van der Waals surface area (Å²) in [5.74, 6) is 0.924. The highest BCUT2D eigenvalue weighted by Gasteiger charge is 2.47. The van der Waals surface area contributed by atoms with Gasteiger partial charge in [-0.1, -0.05) is 29.3 Å². The molecule has 2 atom stereocenters. The van der Waals surface area contributed by atoms with Crippen LogP contribution >= 0.6 is 23.2 Å². The second-order valence-electron chi connectivity index (χ2n) is 8.77. The number of hydrogen-bond donors (Lipinski definition) is 1. The zero-order valence-corrected chi connectivity index (χ0v) is 18.9. The van der Waals surface area contributed by atoms with E-state index in [1.807, 2.05) is 25.4 Å². The number of imidazole rings is 1. The number of aryl methyl sites for hydroxylation is 1. The highest BCUT2D eigenvalue weighted by molar-refractivity contribution is 6.46. The number of allylic oxidation sites excluding steroid dienone is 4. The van der Waals surface area contributed by atoms with Crippen molar-refractivity contribution in [3.63, 3.8) is 0 Å². The van der Waals surface area contributed by atoms with Crippen LogP contribution in [0, 0.1) is 12.3 Å². The molecule has 0 aromatic carbocycles. The van der Waals surface area contributed by atoms with E-state index in [2.05, 4.69) is 21.2 Å². The van der Waals surface area contributed by atoms with Crippen molar-refractivity contribution in [1.29, 1.82) is 0 Å². The van der Waals surface area contributed by atoms with Crippen LogP contribution in [0.2, 0.25) is 0 Å². The number of nitrogens with two attached hydrogens (primary N) is 1. The van der Waals surface area contributed by atoms with E-state index in [9.17, 15) is 0 Å².